The number of halogens is 1. The number of hydrogen-bond acceptors (Lipinski definition) is 3. The van der Waals surface area contributed by atoms with Crippen LogP contribution in [0.4, 0.5) is 0 Å². The summed E-state index contributed by atoms with van der Waals surface area (Å²) in [7, 11) is 3.44. The van der Waals surface area contributed by atoms with Gasteiger partial charge in [0.2, 0.25) is 0 Å². The van der Waals surface area contributed by atoms with Gasteiger partial charge in [-0.2, -0.15) is 10.2 Å². The maximum atomic E-state index is 8.92. The van der Waals surface area contributed by atoms with Crippen LogP contribution in [0.1, 0.15) is 5.69 Å². The third kappa shape index (κ3) is 2.28. The first-order chi connectivity index (χ1) is 5.09. The summed E-state index contributed by atoms with van der Waals surface area (Å²) in [5.41, 5.74) is 0.960. The molecule has 0 fully saturated rings. The Morgan fingerprint density at radius 1 is 1.82 bits per heavy atom. The van der Waals surface area contributed by atoms with Gasteiger partial charge in [-0.3, -0.25) is 4.68 Å². The number of rotatable bonds is 2. The van der Waals surface area contributed by atoms with E-state index in [1.54, 1.807) is 11.7 Å². The Bertz CT molecular complexity index is 246. The lowest BCUT2D eigenvalue weighted by Gasteiger charge is -2.06. The fourth-order valence-electron chi connectivity index (χ4n) is 0.850. The van der Waals surface area contributed by atoms with Gasteiger partial charge in [0.1, 0.15) is 4.60 Å². The molecule has 0 aliphatic rings. The number of nitrogens with zero attached hydrogens (tertiary/aromatic N) is 3. The molecule has 0 radical (unpaired) electrons. The molecule has 0 bridgehead atoms. The van der Waals surface area contributed by atoms with Crippen LogP contribution >= 0.6 is 15.9 Å². The lowest BCUT2D eigenvalue weighted by Crippen LogP contribution is -2.14. The van der Waals surface area contributed by atoms with E-state index in [2.05, 4.69) is 21.0 Å². The molecule has 5 heteroatoms. The molecule has 0 aromatic carbocycles. The van der Waals surface area contributed by atoms with Crippen molar-refractivity contribution in [2.45, 2.75) is 6.54 Å². The van der Waals surface area contributed by atoms with Crippen molar-refractivity contribution in [3.8, 4) is 0 Å². The van der Waals surface area contributed by atoms with Crippen LogP contribution in [-0.2, 0) is 13.6 Å². The summed E-state index contributed by atoms with van der Waals surface area (Å²) in [4.78, 5) is 0. The summed E-state index contributed by atoms with van der Waals surface area (Å²) in [6.45, 7) is 0.481. The second-order valence-corrected chi connectivity index (χ2v) is 3.21. The van der Waals surface area contributed by atoms with Gasteiger partial charge in [-0.25, -0.2) is 0 Å². The summed E-state index contributed by atoms with van der Waals surface area (Å²) in [6.07, 6.45) is 0. The first kappa shape index (κ1) is 8.70. The van der Waals surface area contributed by atoms with Crippen LogP contribution < -0.4 is 0 Å². The van der Waals surface area contributed by atoms with Crippen LogP contribution in [0.2, 0.25) is 0 Å². The third-order valence-corrected chi connectivity index (χ3v) is 1.73. The summed E-state index contributed by atoms with van der Waals surface area (Å²) in [6, 6.07) is 1.87. The predicted octanol–water partition coefficient (Wildman–Crippen LogP) is 1.00. The average Bonchev–Trinajstić information content (AvgIpc) is 2.09. The van der Waals surface area contributed by atoms with Crippen LogP contribution in [0, 0.1) is 0 Å². The van der Waals surface area contributed by atoms with Gasteiger partial charge in [-0.15, -0.1) is 0 Å². The predicted molar refractivity (Wildman–Crippen MR) is 44.2 cm³/mol. The monoisotopic (exact) mass is 219 g/mol. The Morgan fingerprint density at radius 2 is 2.45 bits per heavy atom. The topological polar surface area (TPSA) is 41.3 Å². The minimum Gasteiger partial charge on any atom is -0.314 e. The molecule has 0 aliphatic heterocycles. The standard InChI is InChI=1S/C6H10BrN3O/c1-9(11)4-5-3-6(7)8-10(5)2/h3,11H,4H2,1-2H3. The Kier molecular flexibility index (Phi) is 2.64. The van der Waals surface area contributed by atoms with E-state index in [1.165, 1.54) is 0 Å². The van der Waals surface area contributed by atoms with Crippen LogP contribution in [-0.4, -0.2) is 27.1 Å². The van der Waals surface area contributed by atoms with Crippen molar-refractivity contribution in [1.29, 1.82) is 0 Å². The number of hydroxylamine groups is 2. The molecule has 0 amide bonds. The number of aryl methyl sites for hydroxylation is 1. The van der Waals surface area contributed by atoms with E-state index in [4.69, 9.17) is 5.21 Å². The van der Waals surface area contributed by atoms with Gasteiger partial charge in [0.05, 0.1) is 12.2 Å². The van der Waals surface area contributed by atoms with Crippen molar-refractivity contribution < 1.29 is 5.21 Å². The highest BCUT2D eigenvalue weighted by atomic mass is 79.9. The second-order valence-electron chi connectivity index (χ2n) is 2.40. The molecule has 0 unspecified atom stereocenters. The molecular formula is C6H10BrN3O. The quantitative estimate of drug-likeness (QED) is 0.756. The number of hydrogen-bond donors (Lipinski definition) is 1. The number of aromatic nitrogens is 2. The summed E-state index contributed by atoms with van der Waals surface area (Å²) >= 11 is 3.24. The molecule has 11 heavy (non-hydrogen) atoms. The van der Waals surface area contributed by atoms with E-state index in [1.807, 2.05) is 13.1 Å². The van der Waals surface area contributed by atoms with Gasteiger partial charge in [-0.05, 0) is 22.0 Å². The summed E-state index contributed by atoms with van der Waals surface area (Å²) in [5, 5.41) is 14.1. The van der Waals surface area contributed by atoms with Crippen molar-refractivity contribution in [1.82, 2.24) is 14.8 Å². The highest BCUT2D eigenvalue weighted by Crippen LogP contribution is 2.09. The molecule has 0 aliphatic carbocycles. The van der Waals surface area contributed by atoms with Gasteiger partial charge in [0.25, 0.3) is 0 Å². The van der Waals surface area contributed by atoms with E-state index in [-0.39, 0.29) is 0 Å². The van der Waals surface area contributed by atoms with Crippen LogP contribution in [0.3, 0.4) is 0 Å². The normalized spacial score (nSPS) is 11.0. The largest absolute Gasteiger partial charge is 0.314 e. The molecule has 62 valence electrons. The third-order valence-electron chi connectivity index (χ3n) is 1.34. The maximum absolute atomic E-state index is 8.92. The minimum atomic E-state index is 0.481. The zero-order chi connectivity index (χ0) is 8.43. The zero-order valence-corrected chi connectivity index (χ0v) is 8.04. The fraction of sp³-hybridized carbons (Fsp3) is 0.500. The van der Waals surface area contributed by atoms with Gasteiger partial charge in [-0.1, -0.05) is 0 Å². The highest BCUT2D eigenvalue weighted by Gasteiger charge is 2.03. The molecule has 0 spiro atoms. The van der Waals surface area contributed by atoms with Crippen molar-refractivity contribution in [2.24, 2.45) is 7.05 Å². The van der Waals surface area contributed by atoms with Crippen LogP contribution in [0.25, 0.3) is 0 Å². The van der Waals surface area contributed by atoms with Gasteiger partial charge in [0, 0.05) is 14.1 Å². The minimum absolute atomic E-state index is 0.481. The molecule has 1 rings (SSSR count). The molecule has 4 nitrogen and oxygen atoms in total. The van der Waals surface area contributed by atoms with E-state index < -0.39 is 0 Å². The lowest BCUT2D eigenvalue weighted by molar-refractivity contribution is -0.0748. The smallest absolute Gasteiger partial charge is 0.128 e. The first-order valence-electron chi connectivity index (χ1n) is 3.18. The summed E-state index contributed by atoms with van der Waals surface area (Å²) in [5.74, 6) is 0. The molecule has 1 N–H and O–H groups in total. The maximum Gasteiger partial charge on any atom is 0.128 e. The van der Waals surface area contributed by atoms with Crippen molar-refractivity contribution in [3.63, 3.8) is 0 Å². The Labute approximate surface area is 73.5 Å². The van der Waals surface area contributed by atoms with Crippen LogP contribution in [0.5, 0.6) is 0 Å². The Morgan fingerprint density at radius 3 is 2.82 bits per heavy atom. The zero-order valence-electron chi connectivity index (χ0n) is 6.45. The van der Waals surface area contributed by atoms with Crippen molar-refractivity contribution >= 4 is 15.9 Å². The highest BCUT2D eigenvalue weighted by molar-refractivity contribution is 9.10. The SMILES string of the molecule is CN(O)Cc1cc(Br)nn1C. The second kappa shape index (κ2) is 3.34. The Balaban J connectivity index is 2.77. The van der Waals surface area contributed by atoms with E-state index in [9.17, 15) is 0 Å². The van der Waals surface area contributed by atoms with E-state index in [0.29, 0.717) is 6.54 Å². The molecule has 0 atom stereocenters. The van der Waals surface area contributed by atoms with Crippen LogP contribution in [0.15, 0.2) is 10.7 Å². The average molecular weight is 220 g/mol. The lowest BCUT2D eigenvalue weighted by atomic mass is 10.4. The van der Waals surface area contributed by atoms with Gasteiger partial charge in [0.15, 0.2) is 0 Å². The molecular weight excluding hydrogens is 210 g/mol. The molecule has 1 aromatic rings. The van der Waals surface area contributed by atoms with Crippen molar-refractivity contribution in [2.75, 3.05) is 7.05 Å². The fourth-order valence-corrected chi connectivity index (χ4v) is 1.35. The summed E-state index contributed by atoms with van der Waals surface area (Å²) < 4.78 is 2.51. The van der Waals surface area contributed by atoms with E-state index >= 15 is 0 Å². The van der Waals surface area contributed by atoms with E-state index in [0.717, 1.165) is 15.4 Å². The molecule has 1 heterocycles. The molecule has 0 saturated heterocycles. The molecule has 0 saturated carbocycles. The van der Waals surface area contributed by atoms with Gasteiger partial charge >= 0.3 is 0 Å². The van der Waals surface area contributed by atoms with Crippen molar-refractivity contribution in [3.05, 3.63) is 16.4 Å². The van der Waals surface area contributed by atoms with Gasteiger partial charge < -0.3 is 5.21 Å². The Hall–Kier alpha value is -0.390. The first-order valence-corrected chi connectivity index (χ1v) is 3.97. The molecule has 1 aromatic heterocycles.